The third-order valence-electron chi connectivity index (χ3n) is 3.57. The Morgan fingerprint density at radius 3 is 2.59 bits per heavy atom. The summed E-state index contributed by atoms with van der Waals surface area (Å²) in [6.45, 7) is 5.10. The molecule has 0 unspecified atom stereocenters. The molecule has 3 heteroatoms. The molecule has 0 amide bonds. The lowest BCUT2D eigenvalue weighted by Crippen LogP contribution is -2.27. The zero-order valence-electron chi connectivity index (χ0n) is 11.0. The number of hydrogen-bond donors (Lipinski definition) is 1. The molecule has 0 atom stereocenters. The molecule has 0 bridgehead atoms. The zero-order chi connectivity index (χ0) is 12.1. The fourth-order valence-corrected chi connectivity index (χ4v) is 2.42. The molecule has 2 rings (SSSR count). The first-order valence-corrected chi connectivity index (χ1v) is 6.94. The van der Waals surface area contributed by atoms with Crippen LogP contribution in [0.3, 0.4) is 0 Å². The van der Waals surface area contributed by atoms with Gasteiger partial charge in [-0.05, 0) is 12.8 Å². The van der Waals surface area contributed by atoms with Gasteiger partial charge in [-0.3, -0.25) is 0 Å². The highest BCUT2D eigenvalue weighted by molar-refractivity contribution is 5.08. The van der Waals surface area contributed by atoms with Crippen molar-refractivity contribution in [3.8, 4) is 0 Å². The minimum atomic E-state index is 0.425. The van der Waals surface area contributed by atoms with Crippen LogP contribution >= 0.6 is 0 Å². The van der Waals surface area contributed by atoms with Gasteiger partial charge in [0.15, 0.2) is 0 Å². The van der Waals surface area contributed by atoms with Crippen LogP contribution in [0.1, 0.15) is 69.7 Å². The van der Waals surface area contributed by atoms with E-state index in [-0.39, 0.29) is 0 Å². The van der Waals surface area contributed by atoms with Gasteiger partial charge in [-0.2, -0.15) is 0 Å². The third-order valence-corrected chi connectivity index (χ3v) is 3.57. The average molecular weight is 236 g/mol. The van der Waals surface area contributed by atoms with Gasteiger partial charge in [0.25, 0.3) is 0 Å². The summed E-state index contributed by atoms with van der Waals surface area (Å²) >= 11 is 0. The van der Waals surface area contributed by atoms with Crippen LogP contribution in [0.25, 0.3) is 0 Å². The van der Waals surface area contributed by atoms with E-state index in [9.17, 15) is 0 Å². The predicted molar refractivity (Wildman–Crippen MR) is 68.9 cm³/mol. The number of rotatable bonds is 4. The first-order chi connectivity index (χ1) is 8.25. The van der Waals surface area contributed by atoms with E-state index < -0.39 is 0 Å². The maximum atomic E-state index is 5.30. The Kier molecular flexibility index (Phi) is 4.60. The molecule has 1 aliphatic rings. The van der Waals surface area contributed by atoms with Gasteiger partial charge in [0.1, 0.15) is 5.76 Å². The summed E-state index contributed by atoms with van der Waals surface area (Å²) in [6.07, 6.45) is 8.17. The second-order valence-corrected chi connectivity index (χ2v) is 5.44. The van der Waals surface area contributed by atoms with Crippen molar-refractivity contribution in [1.29, 1.82) is 0 Å². The first-order valence-electron chi connectivity index (χ1n) is 6.94. The Morgan fingerprint density at radius 1 is 1.29 bits per heavy atom. The zero-order valence-corrected chi connectivity index (χ0v) is 11.0. The summed E-state index contributed by atoms with van der Waals surface area (Å²) in [5, 5.41) is 7.72. The van der Waals surface area contributed by atoms with Crippen LogP contribution in [-0.2, 0) is 6.54 Å². The van der Waals surface area contributed by atoms with Crippen molar-refractivity contribution in [3.05, 3.63) is 17.5 Å². The van der Waals surface area contributed by atoms with E-state index in [0.29, 0.717) is 12.0 Å². The second kappa shape index (κ2) is 6.20. The Morgan fingerprint density at radius 2 is 2.00 bits per heavy atom. The van der Waals surface area contributed by atoms with E-state index in [1.807, 2.05) is 0 Å². The molecule has 1 saturated carbocycles. The van der Waals surface area contributed by atoms with Crippen LogP contribution in [0, 0.1) is 0 Å². The number of aromatic nitrogens is 1. The van der Waals surface area contributed by atoms with Gasteiger partial charge >= 0.3 is 0 Å². The van der Waals surface area contributed by atoms with Crippen molar-refractivity contribution >= 4 is 0 Å². The largest absolute Gasteiger partial charge is 0.361 e. The summed E-state index contributed by atoms with van der Waals surface area (Å²) in [7, 11) is 0. The van der Waals surface area contributed by atoms with Gasteiger partial charge in [0, 0.05) is 24.6 Å². The minimum Gasteiger partial charge on any atom is -0.361 e. The highest BCUT2D eigenvalue weighted by Crippen LogP contribution is 2.18. The summed E-state index contributed by atoms with van der Waals surface area (Å²) in [6, 6.07) is 2.76. The Labute approximate surface area is 104 Å². The number of hydrogen-bond acceptors (Lipinski definition) is 3. The van der Waals surface area contributed by atoms with Gasteiger partial charge in [0.05, 0.1) is 5.69 Å². The highest BCUT2D eigenvalue weighted by atomic mass is 16.5. The molecule has 0 aliphatic heterocycles. The summed E-state index contributed by atoms with van der Waals surface area (Å²) in [5.74, 6) is 1.41. The first kappa shape index (κ1) is 12.6. The van der Waals surface area contributed by atoms with E-state index in [1.54, 1.807) is 0 Å². The topological polar surface area (TPSA) is 38.1 Å². The monoisotopic (exact) mass is 236 g/mol. The Balaban J connectivity index is 1.79. The normalized spacial score (nSPS) is 18.5. The van der Waals surface area contributed by atoms with Crippen LogP contribution in [0.15, 0.2) is 10.6 Å². The molecule has 1 aliphatic carbocycles. The lowest BCUT2D eigenvalue weighted by atomic mass is 10.1. The van der Waals surface area contributed by atoms with E-state index in [2.05, 4.69) is 30.4 Å². The number of nitrogens with zero attached hydrogens (tertiary/aromatic N) is 1. The van der Waals surface area contributed by atoms with Crippen LogP contribution < -0.4 is 5.32 Å². The molecule has 0 saturated heterocycles. The van der Waals surface area contributed by atoms with Crippen molar-refractivity contribution in [3.63, 3.8) is 0 Å². The summed E-state index contributed by atoms with van der Waals surface area (Å²) < 4.78 is 5.30. The quantitative estimate of drug-likeness (QED) is 0.811. The highest BCUT2D eigenvalue weighted by Gasteiger charge is 2.13. The van der Waals surface area contributed by atoms with Crippen molar-refractivity contribution in [2.75, 3.05) is 0 Å². The molecular weight excluding hydrogens is 212 g/mol. The Hall–Kier alpha value is -0.830. The molecule has 0 radical (unpaired) electrons. The molecular formula is C14H24N2O. The molecule has 1 N–H and O–H groups in total. The molecule has 17 heavy (non-hydrogen) atoms. The SMILES string of the molecule is CC(C)c1cc(CNC2CCCCCC2)no1. The standard InChI is InChI=1S/C14H24N2O/c1-11(2)14-9-13(16-17-14)10-15-12-7-5-3-4-6-8-12/h9,11-12,15H,3-8,10H2,1-2H3. The molecule has 0 aromatic carbocycles. The van der Waals surface area contributed by atoms with E-state index in [0.717, 1.165) is 18.0 Å². The molecule has 96 valence electrons. The van der Waals surface area contributed by atoms with Crippen LogP contribution in [-0.4, -0.2) is 11.2 Å². The fraction of sp³-hybridized carbons (Fsp3) is 0.786. The third kappa shape index (κ3) is 3.84. The van der Waals surface area contributed by atoms with Crippen molar-refractivity contribution in [2.24, 2.45) is 0 Å². The van der Waals surface area contributed by atoms with Gasteiger partial charge in [-0.15, -0.1) is 0 Å². The maximum absolute atomic E-state index is 5.30. The molecule has 3 nitrogen and oxygen atoms in total. The maximum Gasteiger partial charge on any atom is 0.139 e. The smallest absolute Gasteiger partial charge is 0.139 e. The van der Waals surface area contributed by atoms with Crippen molar-refractivity contribution < 1.29 is 4.52 Å². The molecule has 1 heterocycles. The van der Waals surface area contributed by atoms with Gasteiger partial charge in [0.2, 0.25) is 0 Å². The fourth-order valence-electron chi connectivity index (χ4n) is 2.42. The molecule has 0 spiro atoms. The van der Waals surface area contributed by atoms with Gasteiger partial charge in [-0.1, -0.05) is 44.7 Å². The van der Waals surface area contributed by atoms with E-state index >= 15 is 0 Å². The lowest BCUT2D eigenvalue weighted by molar-refractivity contribution is 0.360. The summed E-state index contributed by atoms with van der Waals surface area (Å²) in [4.78, 5) is 0. The van der Waals surface area contributed by atoms with E-state index in [1.165, 1.54) is 38.5 Å². The van der Waals surface area contributed by atoms with Crippen LogP contribution in [0.4, 0.5) is 0 Å². The molecule has 1 aromatic rings. The van der Waals surface area contributed by atoms with Crippen molar-refractivity contribution in [2.45, 2.75) is 70.9 Å². The Bertz CT molecular complexity index is 325. The predicted octanol–water partition coefficient (Wildman–Crippen LogP) is 3.61. The number of nitrogens with one attached hydrogen (secondary N) is 1. The molecule has 1 fully saturated rings. The minimum absolute atomic E-state index is 0.425. The average Bonchev–Trinajstić information content (AvgIpc) is 2.63. The molecule has 1 aromatic heterocycles. The van der Waals surface area contributed by atoms with Gasteiger partial charge < -0.3 is 9.84 Å². The van der Waals surface area contributed by atoms with Crippen LogP contribution in [0.5, 0.6) is 0 Å². The van der Waals surface area contributed by atoms with Gasteiger partial charge in [-0.25, -0.2) is 0 Å². The summed E-state index contributed by atoms with van der Waals surface area (Å²) in [5.41, 5.74) is 1.04. The van der Waals surface area contributed by atoms with Crippen molar-refractivity contribution in [1.82, 2.24) is 10.5 Å². The van der Waals surface area contributed by atoms with E-state index in [4.69, 9.17) is 4.52 Å². The van der Waals surface area contributed by atoms with Crippen LogP contribution in [0.2, 0.25) is 0 Å². The lowest BCUT2D eigenvalue weighted by Gasteiger charge is -2.14. The second-order valence-electron chi connectivity index (χ2n) is 5.44.